The van der Waals surface area contributed by atoms with Crippen LogP contribution in [0.25, 0.3) is 0 Å². The highest BCUT2D eigenvalue weighted by Gasteiger charge is 2.30. The van der Waals surface area contributed by atoms with E-state index in [9.17, 15) is 34.2 Å². The number of rotatable bonds is 14. The summed E-state index contributed by atoms with van der Waals surface area (Å²) < 4.78 is 0. The third-order valence-corrected chi connectivity index (χ3v) is 5.82. The van der Waals surface area contributed by atoms with E-state index in [4.69, 9.17) is 10.8 Å². The number of amides is 3. The van der Waals surface area contributed by atoms with Crippen molar-refractivity contribution in [2.45, 2.75) is 43.4 Å². The van der Waals surface area contributed by atoms with Crippen molar-refractivity contribution in [3.63, 3.8) is 0 Å². The number of aromatic hydroxyl groups is 1. The Morgan fingerprint density at radius 1 is 0.737 bits per heavy atom. The Labute approximate surface area is 224 Å². The first kappa shape index (κ1) is 30.1. The number of carbonyl (C=O) groups is 5. The first-order chi connectivity index (χ1) is 18.0. The average Bonchev–Trinajstić information content (AvgIpc) is 2.87. The number of nitrogens with two attached hydrogens (primary N) is 1. The van der Waals surface area contributed by atoms with Crippen LogP contribution in [0.15, 0.2) is 54.6 Å². The monoisotopic (exact) mass is 546 g/mol. The summed E-state index contributed by atoms with van der Waals surface area (Å²) in [7, 11) is 0. The quantitative estimate of drug-likeness (QED) is 0.143. The molecule has 0 spiro atoms. The first-order valence-corrected chi connectivity index (χ1v) is 12.2. The molecule has 0 aliphatic rings. The van der Waals surface area contributed by atoms with Crippen molar-refractivity contribution in [3.05, 3.63) is 65.7 Å². The van der Waals surface area contributed by atoms with Crippen molar-refractivity contribution >= 4 is 42.3 Å². The number of nitrogens with one attached hydrogen (secondary N) is 3. The van der Waals surface area contributed by atoms with Gasteiger partial charge in [0.05, 0.1) is 12.5 Å². The predicted molar refractivity (Wildman–Crippen MR) is 139 cm³/mol. The molecule has 0 aliphatic carbocycles. The van der Waals surface area contributed by atoms with Gasteiger partial charge in [-0.15, -0.1) is 0 Å². The number of carboxylic acids is 2. The molecule has 0 aliphatic heterocycles. The van der Waals surface area contributed by atoms with Gasteiger partial charge in [-0.05, 0) is 23.3 Å². The molecular weight excluding hydrogens is 516 g/mol. The Hall–Kier alpha value is -4.10. The first-order valence-electron chi connectivity index (χ1n) is 11.5. The van der Waals surface area contributed by atoms with E-state index in [1.165, 1.54) is 24.3 Å². The van der Waals surface area contributed by atoms with Crippen LogP contribution in [0.4, 0.5) is 0 Å². The summed E-state index contributed by atoms with van der Waals surface area (Å²) in [5.41, 5.74) is 6.77. The Kier molecular flexibility index (Phi) is 11.6. The molecule has 2 aromatic rings. The number of phenols is 1. The SMILES string of the molecule is NC(CC(=O)O)C(=O)NC(CS)C(=O)NC(Cc1ccccc1)C(=O)NC(Cc1ccc(O)cc1)C(=O)O. The minimum absolute atomic E-state index is 0.00468. The van der Waals surface area contributed by atoms with Gasteiger partial charge in [0.25, 0.3) is 0 Å². The number of thiol groups is 1. The molecular formula is C25H30N4O8S. The lowest BCUT2D eigenvalue weighted by Crippen LogP contribution is -2.58. The molecule has 8 N–H and O–H groups in total. The molecule has 0 aromatic heterocycles. The maximum absolute atomic E-state index is 13.2. The Morgan fingerprint density at radius 3 is 1.79 bits per heavy atom. The summed E-state index contributed by atoms with van der Waals surface area (Å²) in [4.78, 5) is 61.0. The summed E-state index contributed by atoms with van der Waals surface area (Å²) in [5.74, 6) is -5.23. The van der Waals surface area contributed by atoms with Gasteiger partial charge in [-0.2, -0.15) is 12.6 Å². The van der Waals surface area contributed by atoms with Crippen molar-refractivity contribution in [2.24, 2.45) is 5.73 Å². The normalized spacial score (nSPS) is 13.8. The standard InChI is InChI=1S/C25H30N4O8S/c26-17(12-21(31)32)22(33)29-20(13-38)24(35)27-18(10-14-4-2-1-3-5-14)23(34)28-19(25(36)37)11-15-6-8-16(30)9-7-15/h1-9,17-20,30,38H,10-13,26H2,(H,27,35)(H,28,34)(H,29,33)(H,31,32)(H,36,37). The van der Waals surface area contributed by atoms with Crippen LogP contribution in [0.5, 0.6) is 5.75 Å². The molecule has 0 saturated heterocycles. The molecule has 0 heterocycles. The van der Waals surface area contributed by atoms with Gasteiger partial charge in [0.2, 0.25) is 17.7 Å². The second kappa shape index (κ2) is 14.6. The largest absolute Gasteiger partial charge is 0.508 e. The molecule has 13 heteroatoms. The van der Waals surface area contributed by atoms with Crippen LogP contribution in [0.2, 0.25) is 0 Å². The van der Waals surface area contributed by atoms with E-state index in [0.717, 1.165) is 0 Å². The molecule has 4 atom stereocenters. The van der Waals surface area contributed by atoms with Crippen molar-refractivity contribution in [1.29, 1.82) is 0 Å². The fourth-order valence-corrected chi connectivity index (χ4v) is 3.68. The Balaban J connectivity index is 2.18. The maximum Gasteiger partial charge on any atom is 0.326 e. The second-order valence-corrected chi connectivity index (χ2v) is 8.83. The Morgan fingerprint density at radius 2 is 1.24 bits per heavy atom. The average molecular weight is 547 g/mol. The summed E-state index contributed by atoms with van der Waals surface area (Å²) in [6.45, 7) is 0. The van der Waals surface area contributed by atoms with Gasteiger partial charge in [-0.3, -0.25) is 19.2 Å². The third-order valence-electron chi connectivity index (χ3n) is 5.45. The topological polar surface area (TPSA) is 208 Å². The molecule has 4 unspecified atom stereocenters. The number of phenolic OH excluding ortho intramolecular Hbond substituents is 1. The van der Waals surface area contributed by atoms with Crippen molar-refractivity contribution in [2.75, 3.05) is 5.75 Å². The van der Waals surface area contributed by atoms with Crippen LogP contribution in [0.1, 0.15) is 17.5 Å². The molecule has 38 heavy (non-hydrogen) atoms. The van der Waals surface area contributed by atoms with Crippen molar-refractivity contribution in [3.8, 4) is 5.75 Å². The molecule has 0 fully saturated rings. The van der Waals surface area contributed by atoms with E-state index >= 15 is 0 Å². The lowest BCUT2D eigenvalue weighted by molar-refractivity contribution is -0.142. The Bertz CT molecular complexity index is 1130. The van der Waals surface area contributed by atoms with Crippen LogP contribution in [0, 0.1) is 0 Å². The lowest BCUT2D eigenvalue weighted by Gasteiger charge is -2.24. The van der Waals surface area contributed by atoms with Gasteiger partial charge in [-0.1, -0.05) is 42.5 Å². The molecule has 0 bridgehead atoms. The van der Waals surface area contributed by atoms with Crippen molar-refractivity contribution < 1.29 is 39.3 Å². The highest BCUT2D eigenvalue weighted by molar-refractivity contribution is 7.80. The van der Waals surface area contributed by atoms with Crippen LogP contribution < -0.4 is 21.7 Å². The number of carbonyl (C=O) groups excluding carboxylic acids is 3. The molecule has 3 amide bonds. The fourth-order valence-electron chi connectivity index (χ4n) is 3.43. The summed E-state index contributed by atoms with van der Waals surface area (Å²) in [6, 6.07) is 9.30. The van der Waals surface area contributed by atoms with E-state index in [-0.39, 0.29) is 24.3 Å². The van der Waals surface area contributed by atoms with Crippen molar-refractivity contribution in [1.82, 2.24) is 16.0 Å². The van der Waals surface area contributed by atoms with Gasteiger partial charge in [0.15, 0.2) is 0 Å². The molecule has 0 saturated carbocycles. The van der Waals surface area contributed by atoms with E-state index in [2.05, 4.69) is 28.6 Å². The van der Waals surface area contributed by atoms with E-state index in [0.29, 0.717) is 11.1 Å². The van der Waals surface area contributed by atoms with Gasteiger partial charge >= 0.3 is 11.9 Å². The fraction of sp³-hybridized carbons (Fsp3) is 0.320. The maximum atomic E-state index is 13.2. The van der Waals surface area contributed by atoms with Gasteiger partial charge < -0.3 is 37.0 Å². The number of hydrogen-bond acceptors (Lipinski definition) is 8. The minimum Gasteiger partial charge on any atom is -0.508 e. The molecule has 12 nitrogen and oxygen atoms in total. The summed E-state index contributed by atoms with van der Waals surface area (Å²) >= 11 is 4.06. The number of carboxylic acid groups (broad SMARTS) is 2. The zero-order valence-electron chi connectivity index (χ0n) is 20.2. The lowest BCUT2D eigenvalue weighted by atomic mass is 10.0. The zero-order chi connectivity index (χ0) is 28.2. The number of benzene rings is 2. The van der Waals surface area contributed by atoms with Crippen LogP contribution in [-0.2, 0) is 36.8 Å². The molecule has 204 valence electrons. The third kappa shape index (κ3) is 9.75. The molecule has 0 radical (unpaired) electrons. The highest BCUT2D eigenvalue weighted by atomic mass is 32.1. The second-order valence-electron chi connectivity index (χ2n) is 8.47. The van der Waals surface area contributed by atoms with Gasteiger partial charge in [0.1, 0.15) is 23.9 Å². The predicted octanol–water partition coefficient (Wildman–Crippen LogP) is -0.552. The molecule has 2 aromatic carbocycles. The summed E-state index contributed by atoms with van der Waals surface area (Å²) in [6.07, 6.45) is -0.719. The smallest absolute Gasteiger partial charge is 0.326 e. The van der Waals surface area contributed by atoms with E-state index < -0.39 is 60.2 Å². The molecule has 2 rings (SSSR count). The summed E-state index contributed by atoms with van der Waals surface area (Å²) in [5, 5.41) is 35.2. The van der Waals surface area contributed by atoms with Crippen LogP contribution >= 0.6 is 12.6 Å². The highest BCUT2D eigenvalue weighted by Crippen LogP contribution is 2.12. The zero-order valence-corrected chi connectivity index (χ0v) is 21.1. The van der Waals surface area contributed by atoms with Crippen LogP contribution in [0.3, 0.4) is 0 Å². The number of hydrogen-bond donors (Lipinski definition) is 8. The minimum atomic E-state index is -1.40. The van der Waals surface area contributed by atoms with Gasteiger partial charge in [0, 0.05) is 18.6 Å². The van der Waals surface area contributed by atoms with Crippen LogP contribution in [-0.4, -0.2) is 74.9 Å². The van der Waals surface area contributed by atoms with Gasteiger partial charge in [-0.25, -0.2) is 4.79 Å². The number of aliphatic carboxylic acids is 2. The van der Waals surface area contributed by atoms with E-state index in [1.54, 1.807) is 30.3 Å². The van der Waals surface area contributed by atoms with E-state index in [1.807, 2.05) is 0 Å².